The summed E-state index contributed by atoms with van der Waals surface area (Å²) in [6.07, 6.45) is 0.131. The molecule has 0 heterocycles. The maximum atomic E-state index is 13.9. The normalized spacial score (nSPS) is 10.4. The van der Waals surface area contributed by atoms with Crippen LogP contribution in [0, 0.1) is 5.82 Å². The van der Waals surface area contributed by atoms with Gasteiger partial charge in [-0.25, -0.2) is 13.5 Å². The third-order valence-corrected chi connectivity index (χ3v) is 5.86. The smallest absolute Gasteiger partial charge is 0.420 e. The standard InChI is InChI=1S/C26H25FN2O4S/c1-2-15-34-29(26(32)33-18-19-9-5-3-6-10-19)17-24(30)28-23-16-21(27)13-14-22(23)25(31)20-11-7-4-8-12-20/h3-14,16H,2,15,17-18H2,1H3,(H,28,30). The van der Waals surface area contributed by atoms with Crippen molar-refractivity contribution >= 4 is 35.4 Å². The third-order valence-electron chi connectivity index (χ3n) is 4.68. The summed E-state index contributed by atoms with van der Waals surface area (Å²) >= 11 is 1.17. The van der Waals surface area contributed by atoms with Crippen molar-refractivity contribution < 1.29 is 23.5 Å². The van der Waals surface area contributed by atoms with Crippen LogP contribution in [-0.4, -0.2) is 34.4 Å². The number of carbonyl (C=O) groups is 3. The maximum Gasteiger partial charge on any atom is 0.420 e. The molecule has 0 aromatic heterocycles. The van der Waals surface area contributed by atoms with Crippen LogP contribution >= 0.6 is 11.9 Å². The second-order valence-corrected chi connectivity index (χ2v) is 8.45. The number of hydrogen-bond donors (Lipinski definition) is 1. The Hall–Kier alpha value is -3.65. The van der Waals surface area contributed by atoms with Crippen LogP contribution in [0.15, 0.2) is 78.9 Å². The molecule has 8 heteroatoms. The summed E-state index contributed by atoms with van der Waals surface area (Å²) in [4.78, 5) is 38.3. The van der Waals surface area contributed by atoms with Crippen LogP contribution < -0.4 is 5.32 Å². The number of ether oxygens (including phenoxy) is 1. The minimum atomic E-state index is -0.655. The van der Waals surface area contributed by atoms with E-state index in [1.54, 1.807) is 30.3 Å². The molecular formula is C26H25FN2O4S. The monoisotopic (exact) mass is 480 g/mol. The molecule has 0 aliphatic carbocycles. The average molecular weight is 481 g/mol. The van der Waals surface area contributed by atoms with Crippen LogP contribution in [0.4, 0.5) is 14.9 Å². The van der Waals surface area contributed by atoms with Crippen LogP contribution in [0.25, 0.3) is 0 Å². The van der Waals surface area contributed by atoms with Crippen LogP contribution in [-0.2, 0) is 16.1 Å². The van der Waals surface area contributed by atoms with Gasteiger partial charge in [0.25, 0.3) is 0 Å². The molecule has 0 spiro atoms. The van der Waals surface area contributed by atoms with Crippen molar-refractivity contribution in [3.63, 3.8) is 0 Å². The highest BCUT2D eigenvalue weighted by Gasteiger charge is 2.22. The first-order chi connectivity index (χ1) is 16.5. The zero-order valence-electron chi connectivity index (χ0n) is 18.7. The highest BCUT2D eigenvalue weighted by molar-refractivity contribution is 7.97. The molecule has 3 rings (SSSR count). The fourth-order valence-corrected chi connectivity index (χ4v) is 3.81. The summed E-state index contributed by atoms with van der Waals surface area (Å²) in [5.41, 5.74) is 1.43. The number of hydrogen-bond acceptors (Lipinski definition) is 5. The zero-order chi connectivity index (χ0) is 24.3. The lowest BCUT2D eigenvalue weighted by molar-refractivity contribution is -0.116. The van der Waals surface area contributed by atoms with Gasteiger partial charge in [-0.05, 0) is 42.1 Å². The summed E-state index contributed by atoms with van der Waals surface area (Å²) in [6, 6.07) is 21.3. The Bertz CT molecular complexity index is 1130. The molecule has 0 bridgehead atoms. The van der Waals surface area contributed by atoms with Crippen molar-refractivity contribution in [1.29, 1.82) is 0 Å². The summed E-state index contributed by atoms with van der Waals surface area (Å²) < 4.78 is 20.5. The number of nitrogens with one attached hydrogen (secondary N) is 1. The lowest BCUT2D eigenvalue weighted by atomic mass is 10.0. The van der Waals surface area contributed by atoms with Crippen molar-refractivity contribution in [3.8, 4) is 0 Å². The topological polar surface area (TPSA) is 75.7 Å². The van der Waals surface area contributed by atoms with E-state index in [0.29, 0.717) is 11.3 Å². The van der Waals surface area contributed by atoms with Gasteiger partial charge < -0.3 is 10.1 Å². The van der Waals surface area contributed by atoms with Gasteiger partial charge in [0.05, 0.1) is 5.69 Å². The number of anilines is 1. The summed E-state index contributed by atoms with van der Waals surface area (Å²) in [5.74, 6) is -0.923. The van der Waals surface area contributed by atoms with Crippen molar-refractivity contribution in [3.05, 3.63) is 101 Å². The van der Waals surface area contributed by atoms with Gasteiger partial charge in [-0.3, -0.25) is 9.59 Å². The van der Waals surface area contributed by atoms with Gasteiger partial charge in [-0.15, -0.1) is 0 Å². The largest absolute Gasteiger partial charge is 0.444 e. The molecule has 0 fully saturated rings. The Morgan fingerprint density at radius 1 is 0.971 bits per heavy atom. The number of amides is 2. The third kappa shape index (κ3) is 7.18. The first-order valence-corrected chi connectivity index (χ1v) is 11.7. The van der Waals surface area contributed by atoms with Gasteiger partial charge in [-0.1, -0.05) is 67.6 Å². The van der Waals surface area contributed by atoms with E-state index in [9.17, 15) is 18.8 Å². The lowest BCUT2D eigenvalue weighted by Crippen LogP contribution is -2.34. The molecule has 0 atom stereocenters. The van der Waals surface area contributed by atoms with E-state index >= 15 is 0 Å². The SMILES string of the molecule is CCCSN(CC(=O)Nc1cc(F)ccc1C(=O)c1ccccc1)C(=O)OCc1ccccc1. The Labute approximate surface area is 202 Å². The van der Waals surface area contributed by atoms with Crippen molar-refractivity contribution in [1.82, 2.24) is 4.31 Å². The highest BCUT2D eigenvalue weighted by atomic mass is 32.2. The second-order valence-electron chi connectivity index (χ2n) is 7.34. The highest BCUT2D eigenvalue weighted by Crippen LogP contribution is 2.22. The minimum absolute atomic E-state index is 0.0388. The average Bonchev–Trinajstić information content (AvgIpc) is 2.86. The zero-order valence-corrected chi connectivity index (χ0v) is 19.5. The quantitative estimate of drug-likeness (QED) is 0.298. The summed E-state index contributed by atoms with van der Waals surface area (Å²) in [6.45, 7) is 1.70. The van der Waals surface area contributed by atoms with Gasteiger partial charge in [0.1, 0.15) is 19.0 Å². The molecule has 6 nitrogen and oxygen atoms in total. The fraction of sp³-hybridized carbons (Fsp3) is 0.192. The van der Waals surface area contributed by atoms with Crippen LogP contribution in [0.5, 0.6) is 0 Å². The van der Waals surface area contributed by atoms with Crippen LogP contribution in [0.2, 0.25) is 0 Å². The first-order valence-electron chi connectivity index (χ1n) is 10.8. The number of ketones is 1. The molecule has 0 saturated heterocycles. The predicted octanol–water partition coefficient (Wildman–Crippen LogP) is 5.69. The Morgan fingerprint density at radius 3 is 2.32 bits per heavy atom. The second kappa shape index (κ2) is 12.6. The number of rotatable bonds is 10. The van der Waals surface area contributed by atoms with Gasteiger partial charge in [0.15, 0.2) is 5.78 Å². The molecular weight excluding hydrogens is 455 g/mol. The molecule has 3 aromatic rings. The molecule has 0 saturated carbocycles. The van der Waals surface area contributed by atoms with E-state index in [4.69, 9.17) is 4.74 Å². The lowest BCUT2D eigenvalue weighted by Gasteiger charge is -2.20. The van der Waals surface area contributed by atoms with E-state index in [1.165, 1.54) is 22.3 Å². The van der Waals surface area contributed by atoms with Gasteiger partial charge in [-0.2, -0.15) is 0 Å². The van der Waals surface area contributed by atoms with E-state index in [1.807, 2.05) is 37.3 Å². The predicted molar refractivity (Wildman–Crippen MR) is 131 cm³/mol. The van der Waals surface area contributed by atoms with E-state index in [0.717, 1.165) is 24.1 Å². The molecule has 0 aliphatic heterocycles. The van der Waals surface area contributed by atoms with E-state index in [-0.39, 0.29) is 30.2 Å². The minimum Gasteiger partial charge on any atom is -0.444 e. The maximum absolute atomic E-state index is 13.9. The molecule has 0 unspecified atom stereocenters. The van der Waals surface area contributed by atoms with Crippen LogP contribution in [0.1, 0.15) is 34.8 Å². The van der Waals surface area contributed by atoms with Crippen molar-refractivity contribution in [2.75, 3.05) is 17.6 Å². The summed E-state index contributed by atoms with van der Waals surface area (Å²) in [5, 5.41) is 2.58. The molecule has 34 heavy (non-hydrogen) atoms. The molecule has 3 aromatic carbocycles. The van der Waals surface area contributed by atoms with Gasteiger partial charge >= 0.3 is 6.09 Å². The molecule has 0 aliphatic rings. The molecule has 0 radical (unpaired) electrons. The summed E-state index contributed by atoms with van der Waals surface area (Å²) in [7, 11) is 0. The van der Waals surface area contributed by atoms with Crippen molar-refractivity contribution in [2.45, 2.75) is 20.0 Å². The first kappa shape index (κ1) is 25.0. The number of nitrogens with zero attached hydrogens (tertiary/aromatic N) is 1. The van der Waals surface area contributed by atoms with Gasteiger partial charge in [0.2, 0.25) is 5.91 Å². The number of carbonyl (C=O) groups excluding carboxylic acids is 3. The van der Waals surface area contributed by atoms with Crippen LogP contribution in [0.3, 0.4) is 0 Å². The number of benzene rings is 3. The fourth-order valence-electron chi connectivity index (χ4n) is 3.04. The Morgan fingerprint density at radius 2 is 1.65 bits per heavy atom. The Kier molecular flexibility index (Phi) is 9.22. The van der Waals surface area contributed by atoms with Gasteiger partial charge in [0, 0.05) is 16.9 Å². The molecule has 1 N–H and O–H groups in total. The molecule has 2 amide bonds. The van der Waals surface area contributed by atoms with E-state index < -0.39 is 17.8 Å². The number of halogens is 1. The Balaban J connectivity index is 1.70. The van der Waals surface area contributed by atoms with E-state index in [2.05, 4.69) is 5.32 Å². The molecule has 176 valence electrons. The van der Waals surface area contributed by atoms with Crippen molar-refractivity contribution in [2.24, 2.45) is 0 Å².